The molecule has 42 heavy (non-hydrogen) atoms. The number of unbranched alkanes of at least 4 members (excludes halogenated alkanes) is 2. The predicted molar refractivity (Wildman–Crippen MR) is 166 cm³/mol. The van der Waals surface area contributed by atoms with Crippen molar-refractivity contribution < 1.29 is 23.0 Å². The molecule has 1 radical (unpaired) electrons. The number of anilines is 2. The molecular weight excluding hydrogens is 534 g/mol. The van der Waals surface area contributed by atoms with Crippen LogP contribution < -0.4 is 16.2 Å². The lowest BCUT2D eigenvalue weighted by Crippen LogP contribution is -2.37. The van der Waals surface area contributed by atoms with Crippen LogP contribution in [-0.4, -0.2) is 12.1 Å². The highest BCUT2D eigenvalue weighted by molar-refractivity contribution is 5.87. The second kappa shape index (κ2) is 14.3. The van der Waals surface area contributed by atoms with Crippen LogP contribution in [0.2, 0.25) is 0 Å². The Kier molecular flexibility index (Phi) is 10.6. The summed E-state index contributed by atoms with van der Waals surface area (Å²) in [5.74, 6) is -0.864. The summed E-state index contributed by atoms with van der Waals surface area (Å²) in [5.41, 5.74) is 16.9. The Morgan fingerprint density at radius 1 is 1.00 bits per heavy atom. The number of rotatable bonds is 12. The lowest BCUT2D eigenvalue weighted by atomic mass is 9.78. The molecule has 0 aromatic heterocycles. The lowest BCUT2D eigenvalue weighted by Gasteiger charge is -2.34. The predicted octanol–water partition coefficient (Wildman–Crippen LogP) is 8.82. The molecule has 0 amide bonds. The Morgan fingerprint density at radius 2 is 1.71 bits per heavy atom. The van der Waals surface area contributed by atoms with Crippen molar-refractivity contribution in [3.8, 4) is 16.9 Å². The van der Waals surface area contributed by atoms with E-state index < -0.39 is 18.0 Å². The molecule has 1 fully saturated rings. The highest BCUT2D eigenvalue weighted by Crippen LogP contribution is 2.42. The average Bonchev–Trinajstić information content (AvgIpc) is 2.96. The largest absolute Gasteiger partial charge is 0.458 e. The second-order valence-corrected chi connectivity index (χ2v) is 11.2. The van der Waals surface area contributed by atoms with Crippen LogP contribution in [0.3, 0.4) is 0 Å². The smallest absolute Gasteiger partial charge is 0.400 e. The van der Waals surface area contributed by atoms with E-state index >= 15 is 8.78 Å². The first-order valence-corrected chi connectivity index (χ1v) is 14.8. The minimum absolute atomic E-state index is 0.00977. The zero-order valence-electron chi connectivity index (χ0n) is 24.3. The van der Waals surface area contributed by atoms with Crippen molar-refractivity contribution >= 4 is 23.4 Å². The summed E-state index contributed by atoms with van der Waals surface area (Å²) < 4.78 is 40.7. The summed E-state index contributed by atoms with van der Waals surface area (Å²) in [7, 11) is 0. The zero-order valence-corrected chi connectivity index (χ0v) is 24.3. The van der Waals surface area contributed by atoms with Crippen LogP contribution in [0.15, 0.2) is 66.7 Å². The van der Waals surface area contributed by atoms with Gasteiger partial charge in [0.05, 0.1) is 5.92 Å². The fraction of sp³-hybridized carbons (Fsp3) is 0.371. The molecule has 1 saturated carbocycles. The topological polar surface area (TPSA) is 87.6 Å². The number of esters is 1. The number of nitrogens with two attached hydrogens (primary N) is 2. The fourth-order valence-corrected chi connectivity index (χ4v) is 5.66. The minimum atomic E-state index is -3.22. The van der Waals surface area contributed by atoms with E-state index in [0.29, 0.717) is 35.7 Å². The van der Waals surface area contributed by atoms with Crippen LogP contribution in [0.5, 0.6) is 5.75 Å². The van der Waals surface area contributed by atoms with Crippen LogP contribution in [0.4, 0.5) is 20.2 Å². The Labute approximate surface area is 247 Å². The van der Waals surface area contributed by atoms with Crippen molar-refractivity contribution in [2.45, 2.75) is 71.0 Å². The normalized spacial score (nSPS) is 17.3. The van der Waals surface area contributed by atoms with Gasteiger partial charge in [0.1, 0.15) is 12.4 Å². The van der Waals surface area contributed by atoms with Crippen LogP contribution >= 0.6 is 0 Å². The first-order valence-electron chi connectivity index (χ1n) is 14.8. The molecule has 0 bridgehead atoms. The van der Waals surface area contributed by atoms with E-state index in [2.05, 4.69) is 13.8 Å². The van der Waals surface area contributed by atoms with Crippen LogP contribution in [0.25, 0.3) is 17.2 Å². The molecule has 0 spiro atoms. The molecule has 4 rings (SSSR count). The molecule has 0 saturated heterocycles. The Hall–Kier alpha value is -3.87. The van der Waals surface area contributed by atoms with Crippen molar-refractivity contribution in [2.75, 3.05) is 11.5 Å². The molecule has 0 aliphatic heterocycles. The molecule has 3 aromatic rings. The minimum Gasteiger partial charge on any atom is -0.458 e. The highest BCUT2D eigenvalue weighted by Gasteiger charge is 2.44. The number of hydrogen-bond acceptors (Lipinski definition) is 5. The van der Waals surface area contributed by atoms with Crippen molar-refractivity contribution in [2.24, 2.45) is 11.8 Å². The van der Waals surface area contributed by atoms with Crippen molar-refractivity contribution in [3.63, 3.8) is 0 Å². The summed E-state index contributed by atoms with van der Waals surface area (Å²) in [6.07, 6.45) is 6.89. The monoisotopic (exact) mass is 575 g/mol. The van der Waals surface area contributed by atoms with Gasteiger partial charge in [-0.25, -0.2) is 4.79 Å². The van der Waals surface area contributed by atoms with Crippen molar-refractivity contribution in [1.29, 1.82) is 0 Å². The quantitative estimate of drug-likeness (QED) is 0.0975. The van der Waals surface area contributed by atoms with E-state index in [-0.39, 0.29) is 12.4 Å². The molecule has 4 N–H and O–H groups in total. The number of benzene rings is 3. The summed E-state index contributed by atoms with van der Waals surface area (Å²) >= 11 is 0. The van der Waals surface area contributed by atoms with E-state index in [1.54, 1.807) is 42.5 Å². The highest BCUT2D eigenvalue weighted by atomic mass is 19.3. The van der Waals surface area contributed by atoms with E-state index in [1.165, 1.54) is 18.2 Å². The van der Waals surface area contributed by atoms with Gasteiger partial charge in [-0.2, -0.15) is 8.78 Å². The van der Waals surface area contributed by atoms with E-state index in [9.17, 15) is 4.79 Å². The van der Waals surface area contributed by atoms with Gasteiger partial charge in [-0.3, -0.25) is 0 Å². The Balaban J connectivity index is 1.32. The molecule has 2 atom stereocenters. The van der Waals surface area contributed by atoms with Gasteiger partial charge in [0.2, 0.25) is 0 Å². The Bertz CT molecular complexity index is 1370. The molecule has 5 nitrogen and oxygen atoms in total. The van der Waals surface area contributed by atoms with E-state index in [1.807, 2.05) is 12.1 Å². The number of halogens is 2. The fourth-order valence-electron chi connectivity index (χ4n) is 5.66. The number of nitrogen functional groups attached to an aromatic ring is 2. The van der Waals surface area contributed by atoms with E-state index in [4.69, 9.17) is 20.9 Å². The van der Waals surface area contributed by atoms with Crippen LogP contribution in [-0.2, 0) is 16.1 Å². The number of alkyl halides is 2. The summed E-state index contributed by atoms with van der Waals surface area (Å²) in [4.78, 5) is 12.5. The van der Waals surface area contributed by atoms with Gasteiger partial charge < -0.3 is 20.9 Å². The van der Waals surface area contributed by atoms with Gasteiger partial charge in [0.25, 0.3) is 0 Å². The van der Waals surface area contributed by atoms with Gasteiger partial charge >= 0.3 is 12.1 Å². The van der Waals surface area contributed by atoms with Gasteiger partial charge in [0.15, 0.2) is 0 Å². The molecule has 0 heterocycles. The van der Waals surface area contributed by atoms with Crippen molar-refractivity contribution in [3.05, 3.63) is 90.4 Å². The van der Waals surface area contributed by atoms with E-state index in [0.717, 1.165) is 60.8 Å². The van der Waals surface area contributed by atoms with Crippen LogP contribution in [0, 0.1) is 18.8 Å². The first-order chi connectivity index (χ1) is 20.1. The summed E-state index contributed by atoms with van der Waals surface area (Å²) in [6.45, 7) is 6.23. The summed E-state index contributed by atoms with van der Waals surface area (Å²) in [6, 6.07) is 17.1. The molecule has 1 aliphatic carbocycles. The van der Waals surface area contributed by atoms with Gasteiger partial charge in [0, 0.05) is 17.5 Å². The third kappa shape index (κ3) is 8.57. The molecule has 223 valence electrons. The van der Waals surface area contributed by atoms with Gasteiger partial charge in [-0.15, -0.1) is 0 Å². The van der Waals surface area contributed by atoms with Gasteiger partial charge in [-0.05, 0) is 96.0 Å². The molecule has 2 unspecified atom stereocenters. The number of carbonyl (C=O) groups excluding carboxylic acids is 1. The van der Waals surface area contributed by atoms with Crippen LogP contribution in [0.1, 0.15) is 75.0 Å². The van der Waals surface area contributed by atoms with Gasteiger partial charge in [-0.1, -0.05) is 69.7 Å². The number of hydrogen-bond donors (Lipinski definition) is 2. The maximum absolute atomic E-state index is 15.0. The first kappa shape index (κ1) is 31.1. The standard InChI is InChI=1S/C35H41F2N2O3/c1-3-4-5-7-26-8-6-9-28(21-26)35(36,37)42-31-15-10-25(11-16-31)12-19-34(40)41-23-27-22-30(39)14-18-33(27)32-17-13-29(38)20-24(32)2/h10-20,22,26,28H,2-9,21,23,38-39H2,1H3/b19-12+. The molecule has 3 aromatic carbocycles. The second-order valence-electron chi connectivity index (χ2n) is 11.2. The lowest BCUT2D eigenvalue weighted by molar-refractivity contribution is -0.225. The third-order valence-corrected chi connectivity index (χ3v) is 7.94. The summed E-state index contributed by atoms with van der Waals surface area (Å²) in [5, 5.41) is 0. The third-order valence-electron chi connectivity index (χ3n) is 7.94. The maximum atomic E-state index is 15.0. The average molecular weight is 576 g/mol. The zero-order chi connectivity index (χ0) is 30.1. The Morgan fingerprint density at radius 3 is 2.43 bits per heavy atom. The maximum Gasteiger partial charge on any atom is 0.400 e. The SMILES string of the molecule is [CH2]c1cc(N)ccc1-c1ccc(N)cc1COC(=O)/C=C/c1ccc(OC(F)(F)C2CCCC(CCCCC)C2)cc1. The number of ether oxygens (including phenoxy) is 2. The van der Waals surface area contributed by atoms with Crippen molar-refractivity contribution in [1.82, 2.24) is 0 Å². The molecule has 7 heteroatoms. The molecular formula is C35H41F2N2O3. The molecule has 1 aliphatic rings. The number of carbonyl (C=O) groups is 1.